The number of aliphatic hydroxyl groups is 1. The number of nitrogens with two attached hydrogens (primary N) is 1. The van der Waals surface area contributed by atoms with E-state index in [-0.39, 0.29) is 5.92 Å². The molecule has 4 heteroatoms. The first kappa shape index (κ1) is 12.8. The van der Waals surface area contributed by atoms with E-state index < -0.39 is 6.10 Å². The van der Waals surface area contributed by atoms with Crippen LogP contribution in [0, 0.1) is 0 Å². The van der Waals surface area contributed by atoms with E-state index in [0.29, 0.717) is 6.54 Å². The summed E-state index contributed by atoms with van der Waals surface area (Å²) in [5.41, 5.74) is 7.78. The van der Waals surface area contributed by atoms with Crippen LogP contribution in [0.25, 0.3) is 0 Å². The lowest BCUT2D eigenvalue weighted by molar-refractivity contribution is 0.147. The molecular weight excluding hydrogens is 298 g/mol. The van der Waals surface area contributed by atoms with Crippen molar-refractivity contribution in [3.63, 3.8) is 0 Å². The van der Waals surface area contributed by atoms with Gasteiger partial charge < -0.3 is 10.8 Å². The topological polar surface area (TPSA) is 46.2 Å². The van der Waals surface area contributed by atoms with Crippen molar-refractivity contribution < 1.29 is 5.11 Å². The van der Waals surface area contributed by atoms with Crippen LogP contribution in [-0.2, 0) is 0 Å². The average molecular weight is 312 g/mol. The van der Waals surface area contributed by atoms with Crippen molar-refractivity contribution in [1.29, 1.82) is 0 Å². The number of benzene rings is 1. The number of aliphatic hydroxyl groups excluding tert-OH is 1. The normalized spacial score (nSPS) is 14.5. The Balaban J connectivity index is 2.31. The smallest absolute Gasteiger partial charge is 0.0879 e. The van der Waals surface area contributed by atoms with Crippen LogP contribution < -0.4 is 5.73 Å². The van der Waals surface area contributed by atoms with Gasteiger partial charge in [-0.3, -0.25) is 0 Å². The molecule has 0 fully saturated rings. The maximum absolute atomic E-state index is 10.4. The summed E-state index contributed by atoms with van der Waals surface area (Å²) in [6.07, 6.45) is -0.551. The molecule has 1 heterocycles. The molecule has 0 aliphatic rings. The monoisotopic (exact) mass is 311 g/mol. The van der Waals surface area contributed by atoms with Gasteiger partial charge in [-0.1, -0.05) is 34.1 Å². The molecule has 0 bridgehead atoms. The van der Waals surface area contributed by atoms with Gasteiger partial charge in [-0.15, -0.1) is 0 Å². The fourth-order valence-corrected chi connectivity index (χ4v) is 3.15. The Kier molecular flexibility index (Phi) is 4.34. The Morgan fingerprint density at radius 2 is 2.06 bits per heavy atom. The van der Waals surface area contributed by atoms with Gasteiger partial charge in [-0.2, -0.15) is 11.3 Å². The Morgan fingerprint density at radius 3 is 2.65 bits per heavy atom. The van der Waals surface area contributed by atoms with Crippen LogP contribution >= 0.6 is 27.3 Å². The lowest BCUT2D eigenvalue weighted by Gasteiger charge is -2.22. The number of halogens is 1. The molecular formula is C13H14BrNOS. The SMILES string of the molecule is NCC(c1ccccc1Br)C(O)c1ccsc1. The zero-order chi connectivity index (χ0) is 12.3. The number of rotatable bonds is 4. The third-order valence-corrected chi connectivity index (χ3v) is 4.25. The summed E-state index contributed by atoms with van der Waals surface area (Å²) in [6.45, 7) is 0.416. The summed E-state index contributed by atoms with van der Waals surface area (Å²) < 4.78 is 0.990. The van der Waals surface area contributed by atoms with Gasteiger partial charge in [0.1, 0.15) is 0 Å². The molecule has 2 nitrogen and oxygen atoms in total. The second-order valence-corrected chi connectivity index (χ2v) is 5.50. The Morgan fingerprint density at radius 1 is 1.29 bits per heavy atom. The third-order valence-electron chi connectivity index (χ3n) is 2.82. The fraction of sp³-hybridized carbons (Fsp3) is 0.231. The summed E-state index contributed by atoms with van der Waals surface area (Å²) in [7, 11) is 0. The summed E-state index contributed by atoms with van der Waals surface area (Å²) in [6, 6.07) is 9.82. The Hall–Kier alpha value is -0.680. The second-order valence-electron chi connectivity index (χ2n) is 3.87. The molecule has 1 aromatic carbocycles. The average Bonchev–Trinajstić information content (AvgIpc) is 2.86. The minimum absolute atomic E-state index is 0.0832. The van der Waals surface area contributed by atoms with Crippen LogP contribution in [0.1, 0.15) is 23.1 Å². The van der Waals surface area contributed by atoms with Gasteiger partial charge in [0.25, 0.3) is 0 Å². The maximum atomic E-state index is 10.4. The molecule has 0 aliphatic heterocycles. The first-order valence-corrected chi connectivity index (χ1v) is 7.12. The number of hydrogen-bond acceptors (Lipinski definition) is 3. The molecule has 17 heavy (non-hydrogen) atoms. The molecule has 2 aromatic rings. The van der Waals surface area contributed by atoms with Crippen LogP contribution in [0.2, 0.25) is 0 Å². The molecule has 3 N–H and O–H groups in total. The highest BCUT2D eigenvalue weighted by Crippen LogP contribution is 2.34. The molecule has 2 rings (SSSR count). The molecule has 0 amide bonds. The minimum Gasteiger partial charge on any atom is -0.388 e. The largest absolute Gasteiger partial charge is 0.388 e. The van der Waals surface area contributed by atoms with Crippen LogP contribution in [-0.4, -0.2) is 11.7 Å². The lowest BCUT2D eigenvalue weighted by Crippen LogP contribution is -2.20. The van der Waals surface area contributed by atoms with Crippen LogP contribution in [0.15, 0.2) is 45.6 Å². The Labute approximate surface area is 113 Å². The van der Waals surface area contributed by atoms with E-state index >= 15 is 0 Å². The van der Waals surface area contributed by atoms with E-state index in [1.54, 1.807) is 11.3 Å². The number of hydrogen-bond donors (Lipinski definition) is 2. The van der Waals surface area contributed by atoms with Gasteiger partial charge in [0.15, 0.2) is 0 Å². The van der Waals surface area contributed by atoms with Gasteiger partial charge in [-0.05, 0) is 34.0 Å². The molecule has 0 radical (unpaired) electrons. The fourth-order valence-electron chi connectivity index (χ4n) is 1.88. The third kappa shape index (κ3) is 2.77. The van der Waals surface area contributed by atoms with Gasteiger partial charge >= 0.3 is 0 Å². The first-order chi connectivity index (χ1) is 8.24. The molecule has 0 aliphatic carbocycles. The van der Waals surface area contributed by atoms with Crippen LogP contribution in [0.3, 0.4) is 0 Å². The van der Waals surface area contributed by atoms with Crippen molar-refractivity contribution in [3.8, 4) is 0 Å². The molecule has 0 saturated heterocycles. The van der Waals surface area contributed by atoms with Crippen LogP contribution in [0.4, 0.5) is 0 Å². The minimum atomic E-state index is -0.551. The van der Waals surface area contributed by atoms with Gasteiger partial charge in [0.05, 0.1) is 6.10 Å². The van der Waals surface area contributed by atoms with E-state index in [1.165, 1.54) is 0 Å². The molecule has 90 valence electrons. The van der Waals surface area contributed by atoms with E-state index in [4.69, 9.17) is 5.73 Å². The molecule has 2 unspecified atom stereocenters. The zero-order valence-corrected chi connectivity index (χ0v) is 11.6. The molecule has 2 atom stereocenters. The number of thiophene rings is 1. The van der Waals surface area contributed by atoms with Crippen molar-refractivity contribution in [2.45, 2.75) is 12.0 Å². The highest BCUT2D eigenvalue weighted by Gasteiger charge is 2.23. The van der Waals surface area contributed by atoms with Gasteiger partial charge in [0.2, 0.25) is 0 Å². The van der Waals surface area contributed by atoms with E-state index in [1.807, 2.05) is 41.1 Å². The lowest BCUT2D eigenvalue weighted by atomic mass is 9.90. The highest BCUT2D eigenvalue weighted by molar-refractivity contribution is 9.10. The summed E-state index contributed by atoms with van der Waals surface area (Å²) in [5.74, 6) is -0.0832. The van der Waals surface area contributed by atoms with Gasteiger partial charge in [0, 0.05) is 16.9 Å². The first-order valence-electron chi connectivity index (χ1n) is 5.38. The predicted molar refractivity (Wildman–Crippen MR) is 75.2 cm³/mol. The molecule has 0 spiro atoms. The molecule has 1 aromatic heterocycles. The van der Waals surface area contributed by atoms with Crippen molar-refractivity contribution in [1.82, 2.24) is 0 Å². The van der Waals surface area contributed by atoms with Crippen molar-refractivity contribution in [2.24, 2.45) is 5.73 Å². The zero-order valence-electron chi connectivity index (χ0n) is 9.21. The van der Waals surface area contributed by atoms with E-state index in [9.17, 15) is 5.11 Å². The summed E-state index contributed by atoms with van der Waals surface area (Å²) >= 11 is 5.09. The maximum Gasteiger partial charge on any atom is 0.0879 e. The van der Waals surface area contributed by atoms with Crippen molar-refractivity contribution in [3.05, 3.63) is 56.7 Å². The highest BCUT2D eigenvalue weighted by atomic mass is 79.9. The van der Waals surface area contributed by atoms with Crippen LogP contribution in [0.5, 0.6) is 0 Å². The predicted octanol–water partition coefficient (Wildman–Crippen LogP) is 3.29. The van der Waals surface area contributed by atoms with Crippen molar-refractivity contribution in [2.75, 3.05) is 6.54 Å². The van der Waals surface area contributed by atoms with Gasteiger partial charge in [-0.25, -0.2) is 0 Å². The van der Waals surface area contributed by atoms with Crippen molar-refractivity contribution >= 4 is 27.3 Å². The molecule has 0 saturated carbocycles. The quantitative estimate of drug-likeness (QED) is 0.910. The summed E-state index contributed by atoms with van der Waals surface area (Å²) in [4.78, 5) is 0. The second kappa shape index (κ2) is 5.78. The summed E-state index contributed by atoms with van der Waals surface area (Å²) in [5, 5.41) is 14.3. The van der Waals surface area contributed by atoms with E-state index in [2.05, 4.69) is 15.9 Å². The van der Waals surface area contributed by atoms with E-state index in [0.717, 1.165) is 15.6 Å². The Bertz CT molecular complexity index is 472. The standard InChI is InChI=1S/C13H14BrNOS/c14-12-4-2-1-3-10(12)11(7-15)13(16)9-5-6-17-8-9/h1-6,8,11,13,16H,7,15H2.